The quantitative estimate of drug-likeness (QED) is 0.840. The Hall–Kier alpha value is -2.43. The number of carboxylic acids is 1. The molecule has 19 heavy (non-hydrogen) atoms. The fraction of sp³-hybridized carbons (Fsp3) is 0.214. The van der Waals surface area contributed by atoms with Crippen LogP contribution in [0.5, 0.6) is 11.5 Å². The average Bonchev–Trinajstić information content (AvgIpc) is 2.77. The summed E-state index contributed by atoms with van der Waals surface area (Å²) in [6, 6.07) is 5.11. The van der Waals surface area contributed by atoms with Gasteiger partial charge in [-0.25, -0.2) is 4.79 Å². The zero-order chi connectivity index (χ0) is 14.0. The maximum absolute atomic E-state index is 11.3. The van der Waals surface area contributed by atoms with E-state index in [1.165, 1.54) is 0 Å². The summed E-state index contributed by atoms with van der Waals surface area (Å²) >= 11 is 0. The third kappa shape index (κ3) is 2.14. The number of benzene rings is 1. The van der Waals surface area contributed by atoms with E-state index in [1.54, 1.807) is 43.1 Å². The minimum Gasteiger partial charge on any atom is -0.497 e. The van der Waals surface area contributed by atoms with Crippen LogP contribution in [0.3, 0.4) is 0 Å². The molecule has 0 bridgehead atoms. The Morgan fingerprint density at radius 2 is 2.11 bits per heavy atom. The molecule has 0 atom stereocenters. The second kappa shape index (κ2) is 5.06. The number of methoxy groups -OCH3 is 2. The molecule has 0 aliphatic heterocycles. The van der Waals surface area contributed by atoms with E-state index in [0.29, 0.717) is 18.0 Å². The number of aromatic carboxylic acids is 1. The van der Waals surface area contributed by atoms with Crippen molar-refractivity contribution in [1.82, 2.24) is 4.57 Å². The van der Waals surface area contributed by atoms with E-state index in [9.17, 15) is 9.90 Å². The van der Waals surface area contributed by atoms with Gasteiger partial charge in [0.05, 0.1) is 19.7 Å². The molecule has 0 saturated carbocycles. The molecule has 0 aliphatic carbocycles. The zero-order valence-electron chi connectivity index (χ0n) is 10.8. The van der Waals surface area contributed by atoms with Gasteiger partial charge in [0.15, 0.2) is 0 Å². The van der Waals surface area contributed by atoms with Crippen LogP contribution in [0.1, 0.15) is 10.5 Å². The third-order valence-electron chi connectivity index (χ3n) is 2.92. The number of hydrogen-bond acceptors (Lipinski definition) is 3. The second-order valence-corrected chi connectivity index (χ2v) is 4.00. The fourth-order valence-corrected chi connectivity index (χ4v) is 2.12. The van der Waals surface area contributed by atoms with Crippen LogP contribution in [0.2, 0.25) is 0 Å². The topological polar surface area (TPSA) is 60.7 Å². The molecular weight excluding hydrogens is 246 g/mol. The van der Waals surface area contributed by atoms with Crippen LogP contribution in [-0.2, 0) is 6.54 Å². The lowest BCUT2D eigenvalue weighted by molar-refractivity contribution is 0.0686. The fourth-order valence-electron chi connectivity index (χ4n) is 2.12. The van der Waals surface area contributed by atoms with Gasteiger partial charge in [-0.05, 0) is 12.1 Å². The summed E-state index contributed by atoms with van der Waals surface area (Å²) in [4.78, 5) is 11.3. The maximum Gasteiger partial charge on any atom is 0.352 e. The first-order valence-electron chi connectivity index (χ1n) is 5.71. The second-order valence-electron chi connectivity index (χ2n) is 4.00. The smallest absolute Gasteiger partial charge is 0.352 e. The van der Waals surface area contributed by atoms with E-state index in [1.807, 2.05) is 0 Å². The van der Waals surface area contributed by atoms with Crippen LogP contribution < -0.4 is 9.47 Å². The van der Waals surface area contributed by atoms with Crippen molar-refractivity contribution in [3.8, 4) is 11.5 Å². The number of hydrogen-bond donors (Lipinski definition) is 1. The van der Waals surface area contributed by atoms with Crippen LogP contribution in [-0.4, -0.2) is 29.9 Å². The van der Waals surface area contributed by atoms with E-state index in [2.05, 4.69) is 6.58 Å². The Morgan fingerprint density at radius 1 is 1.37 bits per heavy atom. The molecule has 1 aromatic carbocycles. The molecule has 2 rings (SSSR count). The number of ether oxygens (including phenoxy) is 2. The van der Waals surface area contributed by atoms with Crippen molar-refractivity contribution in [1.29, 1.82) is 0 Å². The summed E-state index contributed by atoms with van der Waals surface area (Å²) in [5, 5.41) is 10.0. The molecule has 0 radical (unpaired) electrons. The highest BCUT2D eigenvalue weighted by atomic mass is 16.5. The van der Waals surface area contributed by atoms with E-state index in [4.69, 9.17) is 9.47 Å². The van der Waals surface area contributed by atoms with Gasteiger partial charge in [0.2, 0.25) is 0 Å². The lowest BCUT2D eigenvalue weighted by Gasteiger charge is -2.10. The molecule has 5 nitrogen and oxygen atoms in total. The standard InChI is InChI=1S/C14H15NO4/c1-4-5-15-11(14(16)17)7-9-6-10(18-2)8-12(19-3)13(9)15/h4,6-8H,1,5H2,2-3H3,(H,16,17). The number of rotatable bonds is 5. The minimum absolute atomic E-state index is 0.196. The van der Waals surface area contributed by atoms with Gasteiger partial charge in [0, 0.05) is 18.0 Å². The van der Waals surface area contributed by atoms with Crippen molar-refractivity contribution >= 4 is 16.9 Å². The van der Waals surface area contributed by atoms with Gasteiger partial charge >= 0.3 is 5.97 Å². The monoisotopic (exact) mass is 261 g/mol. The van der Waals surface area contributed by atoms with Crippen LogP contribution in [0, 0.1) is 0 Å². The summed E-state index contributed by atoms with van der Waals surface area (Å²) in [5.41, 5.74) is 0.919. The summed E-state index contributed by atoms with van der Waals surface area (Å²) in [6.45, 7) is 4.05. The van der Waals surface area contributed by atoms with Crippen molar-refractivity contribution in [3.63, 3.8) is 0 Å². The van der Waals surface area contributed by atoms with Crippen LogP contribution in [0.25, 0.3) is 10.9 Å². The molecular formula is C14H15NO4. The number of aromatic nitrogens is 1. The Labute approximate surface area is 110 Å². The lowest BCUT2D eigenvalue weighted by atomic mass is 10.2. The van der Waals surface area contributed by atoms with E-state index in [0.717, 1.165) is 10.9 Å². The zero-order valence-corrected chi connectivity index (χ0v) is 10.8. The number of carboxylic acid groups (broad SMARTS) is 1. The molecule has 1 aromatic heterocycles. The SMILES string of the molecule is C=CCn1c(C(=O)O)cc2cc(OC)cc(OC)c21. The van der Waals surface area contributed by atoms with E-state index >= 15 is 0 Å². The van der Waals surface area contributed by atoms with Gasteiger partial charge in [-0.1, -0.05) is 6.08 Å². The van der Waals surface area contributed by atoms with E-state index in [-0.39, 0.29) is 5.69 Å². The normalized spacial score (nSPS) is 10.4. The first-order valence-corrected chi connectivity index (χ1v) is 5.71. The summed E-state index contributed by atoms with van der Waals surface area (Å²) in [7, 11) is 3.10. The molecule has 0 saturated heterocycles. The Balaban J connectivity index is 2.82. The van der Waals surface area contributed by atoms with Crippen molar-refractivity contribution in [3.05, 3.63) is 36.5 Å². The maximum atomic E-state index is 11.3. The van der Waals surface area contributed by atoms with Crippen LogP contribution >= 0.6 is 0 Å². The molecule has 1 heterocycles. The Bertz CT molecular complexity index is 642. The summed E-state index contributed by atoms with van der Waals surface area (Å²) in [5.74, 6) is 0.208. The molecule has 1 N–H and O–H groups in total. The number of allylic oxidation sites excluding steroid dienone is 1. The first-order chi connectivity index (χ1) is 9.12. The lowest BCUT2D eigenvalue weighted by Crippen LogP contribution is -2.07. The van der Waals surface area contributed by atoms with E-state index < -0.39 is 5.97 Å². The highest BCUT2D eigenvalue weighted by Gasteiger charge is 2.18. The highest BCUT2D eigenvalue weighted by Crippen LogP contribution is 2.33. The minimum atomic E-state index is -0.987. The predicted molar refractivity (Wildman–Crippen MR) is 72.2 cm³/mol. The first kappa shape index (κ1) is 13.0. The molecule has 2 aromatic rings. The molecule has 100 valence electrons. The van der Waals surface area contributed by atoms with Gasteiger partial charge in [0.25, 0.3) is 0 Å². The van der Waals surface area contributed by atoms with Gasteiger partial charge in [-0.15, -0.1) is 6.58 Å². The van der Waals surface area contributed by atoms with Gasteiger partial charge in [-0.2, -0.15) is 0 Å². The molecule has 0 aliphatic rings. The average molecular weight is 261 g/mol. The Morgan fingerprint density at radius 3 is 2.63 bits per heavy atom. The molecule has 0 amide bonds. The van der Waals surface area contributed by atoms with Gasteiger partial charge < -0.3 is 19.1 Å². The molecule has 0 unspecified atom stereocenters. The highest BCUT2D eigenvalue weighted by molar-refractivity contribution is 5.97. The molecule has 0 spiro atoms. The Kier molecular flexibility index (Phi) is 3.46. The van der Waals surface area contributed by atoms with Crippen molar-refractivity contribution < 1.29 is 19.4 Å². The predicted octanol–water partition coefficient (Wildman–Crippen LogP) is 2.54. The van der Waals surface area contributed by atoms with Gasteiger partial charge in [-0.3, -0.25) is 0 Å². The van der Waals surface area contributed by atoms with Crippen molar-refractivity contribution in [2.75, 3.05) is 14.2 Å². The van der Waals surface area contributed by atoms with Crippen LogP contribution in [0.4, 0.5) is 0 Å². The third-order valence-corrected chi connectivity index (χ3v) is 2.92. The van der Waals surface area contributed by atoms with Crippen molar-refractivity contribution in [2.24, 2.45) is 0 Å². The largest absolute Gasteiger partial charge is 0.497 e. The number of nitrogens with zero attached hydrogens (tertiary/aromatic N) is 1. The van der Waals surface area contributed by atoms with Crippen molar-refractivity contribution in [2.45, 2.75) is 6.54 Å². The number of fused-ring (bicyclic) bond motifs is 1. The number of carbonyl (C=O) groups is 1. The molecule has 5 heteroatoms. The van der Waals surface area contributed by atoms with Crippen LogP contribution in [0.15, 0.2) is 30.9 Å². The summed E-state index contributed by atoms with van der Waals surface area (Å²) in [6.07, 6.45) is 1.65. The summed E-state index contributed by atoms with van der Waals surface area (Å²) < 4.78 is 12.2. The molecule has 0 fully saturated rings. The van der Waals surface area contributed by atoms with Gasteiger partial charge in [0.1, 0.15) is 17.2 Å².